The predicted molar refractivity (Wildman–Crippen MR) is 68.1 cm³/mol. The summed E-state index contributed by atoms with van der Waals surface area (Å²) in [5, 5.41) is 3.47. The van der Waals surface area contributed by atoms with Crippen LogP contribution in [0.3, 0.4) is 0 Å². The van der Waals surface area contributed by atoms with Crippen molar-refractivity contribution in [3.8, 4) is 5.75 Å². The molecular weight excluding hydrogens is 270 g/mol. The number of hydrogen-bond acceptors (Lipinski definition) is 3. The van der Waals surface area contributed by atoms with Crippen molar-refractivity contribution in [2.75, 3.05) is 19.0 Å². The molecule has 1 aliphatic rings. The van der Waals surface area contributed by atoms with E-state index in [-0.39, 0.29) is 6.10 Å². The van der Waals surface area contributed by atoms with E-state index in [1.807, 2.05) is 18.2 Å². The van der Waals surface area contributed by atoms with Gasteiger partial charge in [0.25, 0.3) is 0 Å². The van der Waals surface area contributed by atoms with Crippen LogP contribution in [0.2, 0.25) is 0 Å². The lowest BCUT2D eigenvalue weighted by atomic mass is 10.1. The number of nitrogens with one attached hydrogen (secondary N) is 1. The first kappa shape index (κ1) is 11.7. The number of hydrogen-bond donors (Lipinski definition) is 1. The standard InChI is InChI=1S/C12H16BrNO2/c1-8-11(5-6-16-8)14-9-3-4-10(13)12(7-9)15-2/h3-4,7-8,11,14H,5-6H2,1-2H3. The number of ether oxygens (including phenoxy) is 2. The Morgan fingerprint density at radius 3 is 2.94 bits per heavy atom. The van der Waals surface area contributed by atoms with E-state index >= 15 is 0 Å². The Bertz CT molecular complexity index is 370. The van der Waals surface area contributed by atoms with Crippen LogP contribution in [0.4, 0.5) is 5.69 Å². The van der Waals surface area contributed by atoms with E-state index in [4.69, 9.17) is 9.47 Å². The van der Waals surface area contributed by atoms with E-state index in [0.29, 0.717) is 6.04 Å². The number of anilines is 1. The molecule has 1 saturated heterocycles. The van der Waals surface area contributed by atoms with Gasteiger partial charge in [0.05, 0.1) is 23.7 Å². The van der Waals surface area contributed by atoms with Gasteiger partial charge in [-0.15, -0.1) is 0 Å². The molecular formula is C12H16BrNO2. The highest BCUT2D eigenvalue weighted by atomic mass is 79.9. The third-order valence-corrected chi connectivity index (χ3v) is 3.53. The van der Waals surface area contributed by atoms with Crippen LogP contribution >= 0.6 is 15.9 Å². The highest BCUT2D eigenvalue weighted by Gasteiger charge is 2.23. The highest BCUT2D eigenvalue weighted by molar-refractivity contribution is 9.10. The van der Waals surface area contributed by atoms with E-state index in [1.54, 1.807) is 7.11 Å². The van der Waals surface area contributed by atoms with Gasteiger partial charge in [0, 0.05) is 18.4 Å². The molecule has 2 rings (SSSR count). The summed E-state index contributed by atoms with van der Waals surface area (Å²) in [6.45, 7) is 2.94. The first-order valence-corrected chi connectivity index (χ1v) is 6.21. The van der Waals surface area contributed by atoms with E-state index in [2.05, 4.69) is 28.2 Å². The largest absolute Gasteiger partial charge is 0.495 e. The Balaban J connectivity index is 2.09. The summed E-state index contributed by atoms with van der Waals surface area (Å²) in [4.78, 5) is 0. The number of rotatable bonds is 3. The van der Waals surface area contributed by atoms with Crippen molar-refractivity contribution in [1.29, 1.82) is 0 Å². The zero-order chi connectivity index (χ0) is 11.5. The molecule has 1 aromatic carbocycles. The minimum Gasteiger partial charge on any atom is -0.495 e. The normalized spacial score (nSPS) is 24.4. The predicted octanol–water partition coefficient (Wildman–Crippen LogP) is 3.05. The van der Waals surface area contributed by atoms with Crippen molar-refractivity contribution in [2.45, 2.75) is 25.5 Å². The van der Waals surface area contributed by atoms with Crippen LogP contribution in [0.5, 0.6) is 5.75 Å². The third kappa shape index (κ3) is 2.50. The molecule has 0 amide bonds. The number of methoxy groups -OCH3 is 1. The lowest BCUT2D eigenvalue weighted by Gasteiger charge is -2.18. The fraction of sp³-hybridized carbons (Fsp3) is 0.500. The maximum atomic E-state index is 5.51. The van der Waals surface area contributed by atoms with Gasteiger partial charge in [0.15, 0.2) is 0 Å². The Kier molecular flexibility index (Phi) is 3.71. The van der Waals surface area contributed by atoms with Gasteiger partial charge < -0.3 is 14.8 Å². The summed E-state index contributed by atoms with van der Waals surface area (Å²) >= 11 is 3.44. The molecule has 0 saturated carbocycles. The summed E-state index contributed by atoms with van der Waals surface area (Å²) in [7, 11) is 1.67. The van der Waals surface area contributed by atoms with Gasteiger partial charge in [-0.2, -0.15) is 0 Å². The second-order valence-electron chi connectivity index (χ2n) is 3.96. The second kappa shape index (κ2) is 5.06. The molecule has 0 aliphatic carbocycles. The SMILES string of the molecule is COc1cc(NC2CCOC2C)ccc1Br. The van der Waals surface area contributed by atoms with Crippen molar-refractivity contribution in [1.82, 2.24) is 0 Å². The topological polar surface area (TPSA) is 30.5 Å². The molecule has 1 heterocycles. The zero-order valence-electron chi connectivity index (χ0n) is 9.50. The molecule has 1 N–H and O–H groups in total. The van der Waals surface area contributed by atoms with E-state index in [0.717, 1.165) is 28.9 Å². The molecule has 0 spiro atoms. The first-order valence-electron chi connectivity index (χ1n) is 5.42. The highest BCUT2D eigenvalue weighted by Crippen LogP contribution is 2.29. The van der Waals surface area contributed by atoms with Crippen LogP contribution < -0.4 is 10.1 Å². The Hall–Kier alpha value is -0.740. The van der Waals surface area contributed by atoms with Crippen LogP contribution in [-0.2, 0) is 4.74 Å². The summed E-state index contributed by atoms with van der Waals surface area (Å²) in [5.41, 5.74) is 1.07. The Morgan fingerprint density at radius 1 is 1.50 bits per heavy atom. The maximum absolute atomic E-state index is 5.51. The van der Waals surface area contributed by atoms with Crippen molar-refractivity contribution >= 4 is 21.6 Å². The molecule has 0 radical (unpaired) electrons. The van der Waals surface area contributed by atoms with Gasteiger partial charge in [-0.05, 0) is 41.4 Å². The van der Waals surface area contributed by atoms with Gasteiger partial charge in [0.2, 0.25) is 0 Å². The van der Waals surface area contributed by atoms with Gasteiger partial charge in [-0.1, -0.05) is 0 Å². The molecule has 2 unspecified atom stereocenters. The second-order valence-corrected chi connectivity index (χ2v) is 4.82. The van der Waals surface area contributed by atoms with E-state index in [1.165, 1.54) is 0 Å². The average molecular weight is 286 g/mol. The monoisotopic (exact) mass is 285 g/mol. The van der Waals surface area contributed by atoms with Crippen LogP contribution in [-0.4, -0.2) is 25.9 Å². The van der Waals surface area contributed by atoms with Gasteiger partial charge in [-0.3, -0.25) is 0 Å². The summed E-state index contributed by atoms with van der Waals surface area (Å²) in [6.07, 6.45) is 1.33. The fourth-order valence-electron chi connectivity index (χ4n) is 1.88. The van der Waals surface area contributed by atoms with Crippen molar-refractivity contribution in [3.63, 3.8) is 0 Å². The van der Waals surface area contributed by atoms with Crippen molar-refractivity contribution < 1.29 is 9.47 Å². The summed E-state index contributed by atoms with van der Waals surface area (Å²) < 4.78 is 11.7. The molecule has 4 heteroatoms. The quantitative estimate of drug-likeness (QED) is 0.926. The minimum atomic E-state index is 0.273. The molecule has 88 valence electrons. The van der Waals surface area contributed by atoms with Gasteiger partial charge >= 0.3 is 0 Å². The molecule has 2 atom stereocenters. The van der Waals surface area contributed by atoms with E-state index < -0.39 is 0 Å². The smallest absolute Gasteiger partial charge is 0.135 e. The molecule has 0 aromatic heterocycles. The Labute approximate surface area is 104 Å². The Morgan fingerprint density at radius 2 is 2.31 bits per heavy atom. The zero-order valence-corrected chi connectivity index (χ0v) is 11.1. The van der Waals surface area contributed by atoms with Crippen molar-refractivity contribution in [3.05, 3.63) is 22.7 Å². The molecule has 1 fully saturated rings. The van der Waals surface area contributed by atoms with Gasteiger partial charge in [-0.25, -0.2) is 0 Å². The van der Waals surface area contributed by atoms with Gasteiger partial charge in [0.1, 0.15) is 5.75 Å². The summed E-state index contributed by atoms with van der Waals surface area (Å²) in [5.74, 6) is 0.844. The van der Waals surface area contributed by atoms with Crippen molar-refractivity contribution in [2.24, 2.45) is 0 Å². The maximum Gasteiger partial charge on any atom is 0.135 e. The fourth-order valence-corrected chi connectivity index (χ4v) is 2.29. The lowest BCUT2D eigenvalue weighted by molar-refractivity contribution is 0.121. The van der Waals surface area contributed by atoms with Crippen LogP contribution in [0.25, 0.3) is 0 Å². The summed E-state index contributed by atoms with van der Waals surface area (Å²) in [6, 6.07) is 6.42. The molecule has 16 heavy (non-hydrogen) atoms. The van der Waals surface area contributed by atoms with Crippen LogP contribution in [0.1, 0.15) is 13.3 Å². The van der Waals surface area contributed by atoms with Crippen LogP contribution in [0.15, 0.2) is 22.7 Å². The number of halogens is 1. The third-order valence-electron chi connectivity index (χ3n) is 2.88. The molecule has 3 nitrogen and oxygen atoms in total. The lowest BCUT2D eigenvalue weighted by Crippen LogP contribution is -2.26. The number of benzene rings is 1. The van der Waals surface area contributed by atoms with E-state index in [9.17, 15) is 0 Å². The first-order chi connectivity index (χ1) is 7.70. The molecule has 1 aliphatic heterocycles. The molecule has 1 aromatic rings. The average Bonchev–Trinajstić information content (AvgIpc) is 2.67. The van der Waals surface area contributed by atoms with Crippen LogP contribution in [0, 0.1) is 0 Å². The molecule has 0 bridgehead atoms. The minimum absolute atomic E-state index is 0.273.